The molecule has 1 aliphatic rings. The average molecular weight is 538 g/mol. The summed E-state index contributed by atoms with van der Waals surface area (Å²) in [6.07, 6.45) is 3.74. The van der Waals surface area contributed by atoms with Crippen LogP contribution in [0.15, 0.2) is 29.3 Å². The van der Waals surface area contributed by atoms with Gasteiger partial charge in [0.1, 0.15) is 0 Å². The number of ether oxygens (including phenoxy) is 1. The maximum absolute atomic E-state index is 9.44. The Kier molecular flexibility index (Phi) is 11.8. The molecule has 3 N–H and O–H groups in total. The van der Waals surface area contributed by atoms with Gasteiger partial charge < -0.3 is 20.5 Å². The Morgan fingerprint density at radius 2 is 1.90 bits per heavy atom. The summed E-state index contributed by atoms with van der Waals surface area (Å²) in [5, 5.41) is 17.1. The summed E-state index contributed by atoms with van der Waals surface area (Å²) >= 11 is 6.08. The summed E-state index contributed by atoms with van der Waals surface area (Å²) in [6, 6.07) is 8.17. The first-order valence-corrected chi connectivity index (χ1v) is 10.9. The van der Waals surface area contributed by atoms with Crippen LogP contribution in [0, 0.1) is 5.41 Å². The number of halogens is 2. The summed E-state index contributed by atoms with van der Waals surface area (Å²) in [7, 11) is 0. The van der Waals surface area contributed by atoms with Gasteiger partial charge in [-0.1, -0.05) is 37.6 Å². The lowest BCUT2D eigenvalue weighted by molar-refractivity contribution is 0.127. The maximum Gasteiger partial charge on any atom is 0.191 e. The predicted octanol–water partition coefficient (Wildman–Crippen LogP) is 4.36. The van der Waals surface area contributed by atoms with Crippen molar-refractivity contribution in [2.24, 2.45) is 10.4 Å². The van der Waals surface area contributed by atoms with Crippen molar-refractivity contribution in [2.75, 3.05) is 39.5 Å². The largest absolute Gasteiger partial charge is 0.396 e. The first-order valence-electron chi connectivity index (χ1n) is 10.5. The Labute approximate surface area is 198 Å². The van der Waals surface area contributed by atoms with E-state index in [1.807, 2.05) is 12.1 Å². The van der Waals surface area contributed by atoms with Crippen LogP contribution in [0.4, 0.5) is 0 Å². The van der Waals surface area contributed by atoms with Gasteiger partial charge in [0.2, 0.25) is 0 Å². The van der Waals surface area contributed by atoms with Crippen LogP contribution in [0.1, 0.15) is 52.0 Å². The second-order valence-electron chi connectivity index (χ2n) is 7.82. The summed E-state index contributed by atoms with van der Waals surface area (Å²) in [6.45, 7) is 10.4. The van der Waals surface area contributed by atoms with E-state index in [9.17, 15) is 5.11 Å². The fourth-order valence-electron chi connectivity index (χ4n) is 3.93. The quantitative estimate of drug-likeness (QED) is 0.236. The van der Waals surface area contributed by atoms with Gasteiger partial charge in [-0.05, 0) is 50.3 Å². The molecule has 1 aliphatic heterocycles. The molecule has 166 valence electrons. The topological polar surface area (TPSA) is 65.9 Å². The number of aliphatic hydroxyl groups is 1. The maximum atomic E-state index is 9.44. The second-order valence-corrected chi connectivity index (χ2v) is 8.26. The van der Waals surface area contributed by atoms with Crippen LogP contribution in [0.25, 0.3) is 0 Å². The summed E-state index contributed by atoms with van der Waals surface area (Å²) < 4.78 is 5.60. The molecular formula is C22H37ClIN3O2. The van der Waals surface area contributed by atoms with Gasteiger partial charge in [-0.15, -0.1) is 24.0 Å². The molecule has 1 aromatic carbocycles. The van der Waals surface area contributed by atoms with Crippen LogP contribution < -0.4 is 10.6 Å². The number of nitrogens with one attached hydrogen (secondary N) is 2. The lowest BCUT2D eigenvalue weighted by Gasteiger charge is -2.32. The van der Waals surface area contributed by atoms with Gasteiger partial charge in [-0.25, -0.2) is 0 Å². The number of guanidine groups is 1. The minimum absolute atomic E-state index is 0. The number of aliphatic hydroxyl groups excluding tert-OH is 1. The number of rotatable bonds is 10. The van der Waals surface area contributed by atoms with Gasteiger partial charge in [0, 0.05) is 42.2 Å². The molecule has 2 rings (SSSR count). The third-order valence-corrected chi connectivity index (χ3v) is 6.40. The number of hydrogen-bond acceptors (Lipinski definition) is 3. The SMILES string of the molecule is CCNC(=NCC(CC)(CC)c1ccc(Cl)cc1)NCC1(CCO)CCOC1.I. The number of hydrogen-bond donors (Lipinski definition) is 3. The molecule has 29 heavy (non-hydrogen) atoms. The van der Waals surface area contributed by atoms with Crippen molar-refractivity contribution in [3.8, 4) is 0 Å². The summed E-state index contributed by atoms with van der Waals surface area (Å²) in [5.41, 5.74) is 1.27. The molecule has 0 spiro atoms. The molecule has 7 heteroatoms. The highest BCUT2D eigenvalue weighted by Crippen LogP contribution is 2.33. The molecule has 1 atom stereocenters. The summed E-state index contributed by atoms with van der Waals surface area (Å²) in [5.74, 6) is 0.826. The van der Waals surface area contributed by atoms with Crippen LogP contribution in [-0.4, -0.2) is 50.5 Å². The Hall–Kier alpha value is -0.570. The Bertz CT molecular complexity index is 615. The van der Waals surface area contributed by atoms with Crippen molar-refractivity contribution < 1.29 is 9.84 Å². The van der Waals surface area contributed by atoms with Crippen molar-refractivity contribution in [1.29, 1.82) is 0 Å². The van der Waals surface area contributed by atoms with Gasteiger partial charge in [0.25, 0.3) is 0 Å². The van der Waals surface area contributed by atoms with Gasteiger partial charge in [0.15, 0.2) is 5.96 Å². The first-order chi connectivity index (χ1) is 13.5. The molecule has 5 nitrogen and oxygen atoms in total. The third-order valence-electron chi connectivity index (χ3n) is 6.15. The molecule has 0 bridgehead atoms. The van der Waals surface area contributed by atoms with E-state index in [-0.39, 0.29) is 41.4 Å². The fourth-order valence-corrected chi connectivity index (χ4v) is 4.06. The zero-order valence-corrected chi connectivity index (χ0v) is 21.1. The monoisotopic (exact) mass is 537 g/mol. The van der Waals surface area contributed by atoms with E-state index in [1.165, 1.54) is 5.56 Å². The Balaban J connectivity index is 0.00000420. The van der Waals surface area contributed by atoms with Crippen LogP contribution in [0.2, 0.25) is 5.02 Å². The molecule has 0 amide bonds. The van der Waals surface area contributed by atoms with Crippen LogP contribution in [0.5, 0.6) is 0 Å². The standard InChI is InChI=1S/C22H36ClN3O2.HI/c1-4-22(5-2,18-7-9-19(23)10-8-18)16-26-20(24-6-3)25-15-21(11-13-27)12-14-28-17-21;/h7-10,27H,4-6,11-17H2,1-3H3,(H2,24,25,26);1H. The minimum atomic E-state index is -0.00774. The molecule has 1 saturated heterocycles. The highest BCUT2D eigenvalue weighted by molar-refractivity contribution is 14.0. The lowest BCUT2D eigenvalue weighted by Crippen LogP contribution is -2.45. The smallest absolute Gasteiger partial charge is 0.191 e. The minimum Gasteiger partial charge on any atom is -0.396 e. The van der Waals surface area contributed by atoms with E-state index < -0.39 is 0 Å². The molecule has 1 unspecified atom stereocenters. The molecule has 0 aromatic heterocycles. The molecular weight excluding hydrogens is 501 g/mol. The number of aliphatic imine (C=N–C) groups is 1. The first kappa shape index (κ1) is 26.5. The van der Waals surface area contributed by atoms with Gasteiger partial charge in [-0.3, -0.25) is 4.99 Å². The normalized spacial score (nSPS) is 19.7. The fraction of sp³-hybridized carbons (Fsp3) is 0.682. The van der Waals surface area contributed by atoms with E-state index in [4.69, 9.17) is 21.3 Å². The van der Waals surface area contributed by atoms with Crippen LogP contribution in [0.3, 0.4) is 0 Å². The van der Waals surface area contributed by atoms with E-state index in [0.29, 0.717) is 13.2 Å². The zero-order chi connectivity index (χ0) is 20.5. The molecule has 0 saturated carbocycles. The average Bonchev–Trinajstić information content (AvgIpc) is 3.17. The van der Waals surface area contributed by atoms with Gasteiger partial charge in [-0.2, -0.15) is 0 Å². The highest BCUT2D eigenvalue weighted by atomic mass is 127. The van der Waals surface area contributed by atoms with Crippen LogP contribution >= 0.6 is 35.6 Å². The molecule has 0 radical (unpaired) electrons. The van der Waals surface area contributed by atoms with Crippen molar-refractivity contribution >= 4 is 41.5 Å². The predicted molar refractivity (Wildman–Crippen MR) is 133 cm³/mol. The molecule has 1 heterocycles. The highest BCUT2D eigenvalue weighted by Gasteiger charge is 2.34. The van der Waals surface area contributed by atoms with Crippen molar-refractivity contribution in [1.82, 2.24) is 10.6 Å². The van der Waals surface area contributed by atoms with E-state index in [1.54, 1.807) is 0 Å². The molecule has 1 aromatic rings. The molecule has 1 fully saturated rings. The Morgan fingerprint density at radius 1 is 1.21 bits per heavy atom. The van der Waals surface area contributed by atoms with E-state index in [0.717, 1.165) is 56.4 Å². The van der Waals surface area contributed by atoms with Crippen LogP contribution in [-0.2, 0) is 10.2 Å². The van der Waals surface area contributed by atoms with E-state index in [2.05, 4.69) is 43.5 Å². The van der Waals surface area contributed by atoms with E-state index >= 15 is 0 Å². The van der Waals surface area contributed by atoms with Gasteiger partial charge in [0.05, 0.1) is 13.2 Å². The summed E-state index contributed by atoms with van der Waals surface area (Å²) in [4.78, 5) is 4.94. The third kappa shape index (κ3) is 7.26. The Morgan fingerprint density at radius 3 is 2.41 bits per heavy atom. The van der Waals surface area contributed by atoms with Gasteiger partial charge >= 0.3 is 0 Å². The number of benzene rings is 1. The van der Waals surface area contributed by atoms with Crippen molar-refractivity contribution in [2.45, 2.75) is 51.9 Å². The van der Waals surface area contributed by atoms with Crippen molar-refractivity contribution in [3.63, 3.8) is 0 Å². The second kappa shape index (κ2) is 13.0. The van der Waals surface area contributed by atoms with Crippen molar-refractivity contribution in [3.05, 3.63) is 34.9 Å². The number of nitrogens with zero attached hydrogens (tertiary/aromatic N) is 1. The molecule has 0 aliphatic carbocycles. The zero-order valence-electron chi connectivity index (χ0n) is 18.0. The lowest BCUT2D eigenvalue weighted by atomic mass is 9.76.